The largest absolute Gasteiger partial charge is 0.307 e. The molecule has 6 rings (SSSR count). The first-order valence-electron chi connectivity index (χ1n) is 10.4. The highest BCUT2D eigenvalue weighted by Gasteiger charge is 2.41. The molecule has 3 aliphatic heterocycles. The van der Waals surface area contributed by atoms with E-state index in [-0.39, 0.29) is 0 Å². The summed E-state index contributed by atoms with van der Waals surface area (Å²) in [5.74, 6) is 0.824. The summed E-state index contributed by atoms with van der Waals surface area (Å²) in [5, 5.41) is 6.10. The van der Waals surface area contributed by atoms with Crippen LogP contribution >= 0.6 is 11.3 Å². The van der Waals surface area contributed by atoms with Gasteiger partial charge in [0.15, 0.2) is 0 Å². The number of piperidine rings is 3. The maximum atomic E-state index is 4.24. The molecule has 144 valence electrons. The van der Waals surface area contributed by atoms with Gasteiger partial charge in [0.25, 0.3) is 0 Å². The van der Waals surface area contributed by atoms with Crippen LogP contribution in [0.4, 0.5) is 0 Å². The Bertz CT molecular complexity index is 868. The average molecular weight is 390 g/mol. The van der Waals surface area contributed by atoms with Crippen LogP contribution in [-0.2, 0) is 13.0 Å². The highest BCUT2D eigenvalue weighted by Crippen LogP contribution is 2.34. The molecule has 3 fully saturated rings. The third kappa shape index (κ3) is 3.77. The van der Waals surface area contributed by atoms with Crippen molar-refractivity contribution in [2.45, 2.75) is 37.9 Å². The summed E-state index contributed by atoms with van der Waals surface area (Å²) in [6.07, 6.45) is 7.59. The van der Waals surface area contributed by atoms with Crippen LogP contribution in [0.15, 0.2) is 66.3 Å². The lowest BCUT2D eigenvalue weighted by Gasteiger charge is -2.51. The zero-order valence-electron chi connectivity index (χ0n) is 16.1. The summed E-state index contributed by atoms with van der Waals surface area (Å²) in [4.78, 5) is 8.40. The monoisotopic (exact) mass is 389 g/mol. The van der Waals surface area contributed by atoms with Gasteiger partial charge in [0.05, 0.1) is 0 Å². The number of benzene rings is 1. The minimum Gasteiger partial charge on any atom is -0.307 e. The molecule has 2 bridgehead atoms. The van der Waals surface area contributed by atoms with E-state index < -0.39 is 0 Å². The fraction of sp³-hybridized carbons (Fsp3) is 0.375. The molecule has 5 heterocycles. The number of rotatable bonds is 6. The van der Waals surface area contributed by atoms with E-state index in [0.717, 1.165) is 18.9 Å². The fourth-order valence-corrected chi connectivity index (χ4v) is 5.61. The minimum absolute atomic E-state index is 0.600. The van der Waals surface area contributed by atoms with Crippen LogP contribution in [0.1, 0.15) is 23.3 Å². The number of pyridine rings is 1. The normalized spacial score (nSPS) is 26.4. The van der Waals surface area contributed by atoms with E-state index in [0.29, 0.717) is 12.1 Å². The van der Waals surface area contributed by atoms with Crippen molar-refractivity contribution < 1.29 is 0 Å². The molecular weight excluding hydrogens is 362 g/mol. The van der Waals surface area contributed by atoms with Crippen LogP contribution in [0.3, 0.4) is 0 Å². The molecule has 3 saturated heterocycles. The summed E-state index contributed by atoms with van der Waals surface area (Å²) in [5.41, 5.74) is 3.87. The molecule has 2 atom stereocenters. The smallest absolute Gasteiger partial charge is 0.0346 e. The van der Waals surface area contributed by atoms with Crippen LogP contribution in [0.25, 0.3) is 11.1 Å². The van der Waals surface area contributed by atoms with E-state index in [4.69, 9.17) is 0 Å². The molecule has 0 radical (unpaired) electrons. The van der Waals surface area contributed by atoms with Crippen molar-refractivity contribution in [1.29, 1.82) is 0 Å². The lowest BCUT2D eigenvalue weighted by Crippen LogP contribution is -2.63. The molecule has 2 unspecified atom stereocenters. The molecule has 28 heavy (non-hydrogen) atoms. The van der Waals surface area contributed by atoms with Crippen molar-refractivity contribution in [2.75, 3.05) is 13.1 Å². The van der Waals surface area contributed by atoms with Crippen LogP contribution in [0.5, 0.6) is 0 Å². The van der Waals surface area contributed by atoms with Gasteiger partial charge >= 0.3 is 0 Å². The second kappa shape index (κ2) is 8.16. The van der Waals surface area contributed by atoms with Gasteiger partial charge in [-0.2, -0.15) is 0 Å². The first kappa shape index (κ1) is 18.0. The molecule has 3 aromatic rings. The number of hydrogen-bond donors (Lipinski definition) is 1. The van der Waals surface area contributed by atoms with Crippen LogP contribution in [0, 0.1) is 5.92 Å². The number of thiophene rings is 1. The summed E-state index contributed by atoms with van der Waals surface area (Å²) in [7, 11) is 0. The van der Waals surface area contributed by atoms with Crippen molar-refractivity contribution in [3.8, 4) is 11.1 Å². The Labute approximate surface area is 171 Å². The van der Waals surface area contributed by atoms with E-state index in [2.05, 4.69) is 63.0 Å². The third-order valence-electron chi connectivity index (χ3n) is 6.45. The van der Waals surface area contributed by atoms with Gasteiger partial charge in [-0.1, -0.05) is 36.4 Å². The Balaban J connectivity index is 1.30. The fourth-order valence-electron chi connectivity index (χ4n) is 4.95. The Hall–Kier alpha value is -2.01. The van der Waals surface area contributed by atoms with Gasteiger partial charge in [-0.15, -0.1) is 11.3 Å². The number of fused-ring (bicyclic) bond motifs is 3. The Kier molecular flexibility index (Phi) is 5.26. The molecule has 4 heteroatoms. The van der Waals surface area contributed by atoms with Crippen LogP contribution in [0.2, 0.25) is 0 Å². The molecule has 0 amide bonds. The molecule has 1 aromatic carbocycles. The minimum atomic E-state index is 0.600. The van der Waals surface area contributed by atoms with Gasteiger partial charge in [-0.05, 0) is 72.5 Å². The molecule has 0 aliphatic carbocycles. The second-order valence-electron chi connectivity index (χ2n) is 8.07. The van der Waals surface area contributed by atoms with Gasteiger partial charge < -0.3 is 5.32 Å². The first-order chi connectivity index (χ1) is 13.9. The molecule has 0 spiro atoms. The SMILES string of the molecule is c1cncc(-c2ccc(CC3C(NCc4cccs4)C4CCN3CC4)cc2)c1. The predicted octanol–water partition coefficient (Wildman–Crippen LogP) is 4.61. The highest BCUT2D eigenvalue weighted by atomic mass is 32.1. The molecule has 2 aromatic heterocycles. The second-order valence-corrected chi connectivity index (χ2v) is 9.10. The number of nitrogens with one attached hydrogen (secondary N) is 1. The van der Waals surface area contributed by atoms with E-state index in [1.54, 1.807) is 0 Å². The van der Waals surface area contributed by atoms with E-state index in [1.165, 1.54) is 47.5 Å². The molecular formula is C24H27N3S. The topological polar surface area (TPSA) is 28.2 Å². The maximum Gasteiger partial charge on any atom is 0.0346 e. The molecule has 3 aliphatic rings. The lowest BCUT2D eigenvalue weighted by molar-refractivity contribution is 0.0128. The van der Waals surface area contributed by atoms with Gasteiger partial charge in [0, 0.05) is 35.9 Å². The summed E-state index contributed by atoms with van der Waals surface area (Å²) >= 11 is 1.86. The summed E-state index contributed by atoms with van der Waals surface area (Å²) < 4.78 is 0. The quantitative estimate of drug-likeness (QED) is 0.667. The van der Waals surface area contributed by atoms with E-state index >= 15 is 0 Å². The number of nitrogens with zero attached hydrogens (tertiary/aromatic N) is 2. The molecule has 0 saturated carbocycles. The van der Waals surface area contributed by atoms with E-state index in [1.807, 2.05) is 29.8 Å². The van der Waals surface area contributed by atoms with E-state index in [9.17, 15) is 0 Å². The van der Waals surface area contributed by atoms with Gasteiger partial charge in [-0.3, -0.25) is 9.88 Å². The third-order valence-corrected chi connectivity index (χ3v) is 7.33. The van der Waals surface area contributed by atoms with Crippen molar-refractivity contribution in [3.63, 3.8) is 0 Å². The zero-order valence-corrected chi connectivity index (χ0v) is 16.9. The van der Waals surface area contributed by atoms with Gasteiger partial charge in [-0.25, -0.2) is 0 Å². The maximum absolute atomic E-state index is 4.24. The van der Waals surface area contributed by atoms with Gasteiger partial charge in [0.1, 0.15) is 0 Å². The predicted molar refractivity (Wildman–Crippen MR) is 116 cm³/mol. The average Bonchev–Trinajstić information content (AvgIpc) is 3.29. The van der Waals surface area contributed by atoms with Crippen molar-refractivity contribution >= 4 is 11.3 Å². The van der Waals surface area contributed by atoms with Gasteiger partial charge in [0.2, 0.25) is 0 Å². The van der Waals surface area contributed by atoms with Crippen molar-refractivity contribution in [2.24, 2.45) is 5.92 Å². The lowest BCUT2D eigenvalue weighted by atomic mass is 9.76. The van der Waals surface area contributed by atoms with Crippen molar-refractivity contribution in [1.82, 2.24) is 15.2 Å². The molecule has 3 nitrogen and oxygen atoms in total. The summed E-state index contributed by atoms with van der Waals surface area (Å²) in [6, 6.07) is 18.8. The Morgan fingerprint density at radius 1 is 1.00 bits per heavy atom. The first-order valence-corrected chi connectivity index (χ1v) is 11.2. The zero-order chi connectivity index (χ0) is 18.8. The highest BCUT2D eigenvalue weighted by molar-refractivity contribution is 7.09. The number of aromatic nitrogens is 1. The Morgan fingerprint density at radius 2 is 1.86 bits per heavy atom. The Morgan fingerprint density at radius 3 is 2.57 bits per heavy atom. The standard InChI is InChI=1S/C24H27N3S/c1-3-21(16-25-11-1)19-7-5-18(6-8-19)15-23-24(20-9-12-27(23)13-10-20)26-17-22-4-2-14-28-22/h1-8,11,14,16,20,23-24,26H,9-10,12-13,15,17H2. The molecule has 1 N–H and O–H groups in total. The number of hydrogen-bond acceptors (Lipinski definition) is 4. The van der Waals surface area contributed by atoms with Crippen LogP contribution < -0.4 is 5.32 Å². The summed E-state index contributed by atoms with van der Waals surface area (Å²) in [6.45, 7) is 3.53. The van der Waals surface area contributed by atoms with Crippen molar-refractivity contribution in [3.05, 3.63) is 76.7 Å². The van der Waals surface area contributed by atoms with Crippen LogP contribution in [-0.4, -0.2) is 35.1 Å².